The lowest BCUT2D eigenvalue weighted by atomic mass is 10.1. The monoisotopic (exact) mass is 499 g/mol. The zero-order valence-electron chi connectivity index (χ0n) is 18.4. The van der Waals surface area contributed by atoms with E-state index < -0.39 is 5.92 Å². The molecule has 4 rings (SSSR count). The average molecular weight is 500 g/mol. The number of anilines is 2. The lowest BCUT2D eigenvalue weighted by Crippen LogP contribution is -2.36. The topological polar surface area (TPSA) is 79.9 Å². The quantitative estimate of drug-likeness (QED) is 0.422. The highest BCUT2D eigenvalue weighted by atomic mass is 35.5. The molecule has 1 saturated heterocycles. The van der Waals surface area contributed by atoms with E-state index in [1.54, 1.807) is 23.1 Å². The Bertz CT molecular complexity index is 1190. The van der Waals surface area contributed by atoms with Gasteiger partial charge in [-0.05, 0) is 24.3 Å². The molecule has 0 radical (unpaired) electrons. The number of hydrazine groups is 1. The summed E-state index contributed by atoms with van der Waals surface area (Å²) < 4.78 is 11.3. The van der Waals surface area contributed by atoms with Gasteiger partial charge in [-0.1, -0.05) is 59.6 Å². The van der Waals surface area contributed by atoms with Crippen molar-refractivity contribution in [1.82, 2.24) is 5.43 Å². The van der Waals surface area contributed by atoms with Gasteiger partial charge in [0.1, 0.15) is 6.61 Å². The van der Waals surface area contributed by atoms with E-state index in [0.29, 0.717) is 33.8 Å². The van der Waals surface area contributed by atoms with Crippen molar-refractivity contribution in [3.8, 4) is 11.5 Å². The predicted molar refractivity (Wildman–Crippen MR) is 132 cm³/mol. The van der Waals surface area contributed by atoms with Crippen LogP contribution in [0.1, 0.15) is 12.0 Å². The molecule has 0 bridgehead atoms. The van der Waals surface area contributed by atoms with Gasteiger partial charge in [0.15, 0.2) is 11.5 Å². The molecule has 0 unspecified atom stereocenters. The average Bonchev–Trinajstić information content (AvgIpc) is 3.24. The van der Waals surface area contributed by atoms with Crippen molar-refractivity contribution in [2.45, 2.75) is 13.0 Å². The van der Waals surface area contributed by atoms with E-state index in [2.05, 4.69) is 10.9 Å². The number of carbonyl (C=O) groups excluding carboxylic acids is 2. The fraction of sp³-hybridized carbons (Fsp3) is 0.200. The Kier molecular flexibility index (Phi) is 7.45. The fourth-order valence-corrected chi connectivity index (χ4v) is 4.13. The number of nitrogens with one attached hydrogen (secondary N) is 2. The second-order valence-electron chi connectivity index (χ2n) is 7.72. The number of ether oxygens (including phenoxy) is 2. The minimum Gasteiger partial charge on any atom is -0.493 e. The van der Waals surface area contributed by atoms with Gasteiger partial charge in [-0.15, -0.1) is 0 Å². The number of methoxy groups -OCH3 is 1. The largest absolute Gasteiger partial charge is 0.493 e. The van der Waals surface area contributed by atoms with Crippen LogP contribution >= 0.6 is 23.2 Å². The van der Waals surface area contributed by atoms with Gasteiger partial charge in [-0.3, -0.25) is 20.4 Å². The molecular weight excluding hydrogens is 477 g/mol. The first-order valence-electron chi connectivity index (χ1n) is 10.6. The van der Waals surface area contributed by atoms with E-state index in [0.717, 1.165) is 11.3 Å². The van der Waals surface area contributed by atoms with Crippen LogP contribution in [0.5, 0.6) is 11.5 Å². The van der Waals surface area contributed by atoms with Crippen LogP contribution in [0.25, 0.3) is 0 Å². The summed E-state index contributed by atoms with van der Waals surface area (Å²) in [5, 5.41) is 0.893. The zero-order valence-corrected chi connectivity index (χ0v) is 19.9. The molecule has 3 aromatic carbocycles. The van der Waals surface area contributed by atoms with Gasteiger partial charge < -0.3 is 14.4 Å². The summed E-state index contributed by atoms with van der Waals surface area (Å²) in [4.78, 5) is 26.7. The summed E-state index contributed by atoms with van der Waals surface area (Å²) in [6.45, 7) is 0.530. The standard InChI is InChI=1S/C25H23Cl2N3O4/c1-33-22-13-18(12-21(27)24(22)34-15-16-7-5-6-10-20(16)26)28-29-25(32)17-11-23(31)30(14-17)19-8-3-2-4-9-19/h2-10,12-13,17,28H,11,14-15H2,1H3,(H,29,32)/t17-/m0/s1. The number of amides is 2. The molecule has 1 heterocycles. The van der Waals surface area contributed by atoms with Gasteiger partial charge in [0, 0.05) is 35.3 Å². The fourth-order valence-electron chi connectivity index (χ4n) is 3.67. The summed E-state index contributed by atoms with van der Waals surface area (Å²) in [5.74, 6) is -0.101. The summed E-state index contributed by atoms with van der Waals surface area (Å²) in [5.41, 5.74) is 7.60. The molecule has 1 fully saturated rings. The van der Waals surface area contributed by atoms with Crippen LogP contribution in [0.15, 0.2) is 66.7 Å². The van der Waals surface area contributed by atoms with Crippen LogP contribution in [0.2, 0.25) is 10.0 Å². The van der Waals surface area contributed by atoms with Crippen molar-refractivity contribution < 1.29 is 19.1 Å². The first kappa shape index (κ1) is 23.7. The van der Waals surface area contributed by atoms with Crippen LogP contribution < -0.4 is 25.2 Å². The van der Waals surface area contributed by atoms with Crippen molar-refractivity contribution in [3.63, 3.8) is 0 Å². The molecule has 34 heavy (non-hydrogen) atoms. The third kappa shape index (κ3) is 5.38. The molecule has 1 aliphatic heterocycles. The number of rotatable bonds is 8. The van der Waals surface area contributed by atoms with Gasteiger partial charge >= 0.3 is 0 Å². The number of hydrogen-bond acceptors (Lipinski definition) is 5. The Hall–Kier alpha value is -3.42. The maximum Gasteiger partial charge on any atom is 0.243 e. The highest BCUT2D eigenvalue weighted by Crippen LogP contribution is 2.39. The number of halogens is 2. The normalized spacial score (nSPS) is 15.2. The molecule has 176 valence electrons. The Morgan fingerprint density at radius 1 is 1.06 bits per heavy atom. The Labute approximate surface area is 207 Å². The molecule has 0 aliphatic carbocycles. The first-order valence-corrected chi connectivity index (χ1v) is 11.4. The van der Waals surface area contributed by atoms with Crippen LogP contribution in [0, 0.1) is 5.92 Å². The molecule has 7 nitrogen and oxygen atoms in total. The summed E-state index contributed by atoms with van der Waals surface area (Å²) in [6.07, 6.45) is 0.140. The van der Waals surface area contributed by atoms with Crippen LogP contribution in [0.4, 0.5) is 11.4 Å². The minimum atomic E-state index is -0.476. The molecule has 0 aromatic heterocycles. The van der Waals surface area contributed by atoms with Crippen LogP contribution in [-0.2, 0) is 16.2 Å². The molecule has 1 atom stereocenters. The maximum atomic E-state index is 12.7. The smallest absolute Gasteiger partial charge is 0.243 e. The lowest BCUT2D eigenvalue weighted by molar-refractivity contribution is -0.125. The van der Waals surface area contributed by atoms with Gasteiger partial charge in [0.2, 0.25) is 11.8 Å². The molecule has 0 spiro atoms. The van der Waals surface area contributed by atoms with E-state index in [1.165, 1.54) is 7.11 Å². The van der Waals surface area contributed by atoms with Gasteiger partial charge in [0.25, 0.3) is 0 Å². The van der Waals surface area contributed by atoms with Crippen LogP contribution in [-0.4, -0.2) is 25.5 Å². The van der Waals surface area contributed by atoms with Gasteiger partial charge in [-0.2, -0.15) is 0 Å². The Balaban J connectivity index is 1.38. The number of para-hydroxylation sites is 1. The second-order valence-corrected chi connectivity index (χ2v) is 8.54. The second kappa shape index (κ2) is 10.7. The molecule has 2 amide bonds. The molecule has 9 heteroatoms. The Morgan fingerprint density at radius 3 is 2.53 bits per heavy atom. The highest BCUT2D eigenvalue weighted by Gasteiger charge is 2.35. The third-order valence-electron chi connectivity index (χ3n) is 5.45. The lowest BCUT2D eigenvalue weighted by Gasteiger charge is -2.18. The van der Waals surface area contributed by atoms with Gasteiger partial charge in [-0.25, -0.2) is 0 Å². The van der Waals surface area contributed by atoms with E-state index in [1.807, 2.05) is 48.5 Å². The summed E-state index contributed by atoms with van der Waals surface area (Å²) >= 11 is 12.6. The van der Waals surface area contributed by atoms with Crippen molar-refractivity contribution in [3.05, 3.63) is 82.3 Å². The van der Waals surface area contributed by atoms with E-state index >= 15 is 0 Å². The number of hydrogen-bond donors (Lipinski definition) is 2. The molecule has 2 N–H and O–H groups in total. The van der Waals surface area contributed by atoms with E-state index in [4.69, 9.17) is 32.7 Å². The maximum absolute atomic E-state index is 12.7. The van der Waals surface area contributed by atoms with Gasteiger partial charge in [0.05, 0.1) is 23.7 Å². The van der Waals surface area contributed by atoms with E-state index in [9.17, 15) is 9.59 Å². The van der Waals surface area contributed by atoms with Crippen LogP contribution in [0.3, 0.4) is 0 Å². The third-order valence-corrected chi connectivity index (χ3v) is 6.10. The summed E-state index contributed by atoms with van der Waals surface area (Å²) in [6, 6.07) is 19.9. The van der Waals surface area contributed by atoms with Crippen molar-refractivity contribution >= 4 is 46.4 Å². The Morgan fingerprint density at radius 2 is 1.79 bits per heavy atom. The number of carbonyl (C=O) groups is 2. The molecular formula is C25H23Cl2N3O4. The predicted octanol–water partition coefficient (Wildman–Crippen LogP) is 5.08. The van der Waals surface area contributed by atoms with E-state index in [-0.39, 0.29) is 24.8 Å². The van der Waals surface area contributed by atoms with Crippen molar-refractivity contribution in [2.75, 3.05) is 24.0 Å². The SMILES string of the molecule is COc1cc(NNC(=O)[C@H]2CC(=O)N(c3ccccc3)C2)cc(Cl)c1OCc1ccccc1Cl. The number of benzene rings is 3. The highest BCUT2D eigenvalue weighted by molar-refractivity contribution is 6.32. The molecule has 0 saturated carbocycles. The summed E-state index contributed by atoms with van der Waals surface area (Å²) in [7, 11) is 1.50. The van der Waals surface area contributed by atoms with Crippen molar-refractivity contribution in [1.29, 1.82) is 0 Å². The molecule has 1 aliphatic rings. The zero-order chi connectivity index (χ0) is 24.1. The van der Waals surface area contributed by atoms with Crippen molar-refractivity contribution in [2.24, 2.45) is 5.92 Å². The number of nitrogens with zero attached hydrogens (tertiary/aromatic N) is 1. The minimum absolute atomic E-state index is 0.0870. The first-order chi connectivity index (χ1) is 16.5. The molecule has 3 aromatic rings.